The molecule has 0 fully saturated rings. The van der Waals surface area contributed by atoms with E-state index in [0.29, 0.717) is 92.5 Å². The predicted octanol–water partition coefficient (Wildman–Crippen LogP) is 4.45. The molecular formula is C30H36O8. The van der Waals surface area contributed by atoms with Crippen molar-refractivity contribution in [1.29, 1.82) is 0 Å². The maximum atomic E-state index is 6.36. The third kappa shape index (κ3) is 6.83. The Hall–Kier alpha value is -2.72. The molecule has 8 heteroatoms. The normalized spacial score (nSPS) is 18.9. The molecule has 1 aliphatic heterocycles. The first-order valence-electron chi connectivity index (χ1n) is 13.3. The average Bonchev–Trinajstić information content (AvgIpc) is 2.95. The standard InChI is InChI=1S/C30H36O8/c1-3-23-7-8-24-4-2-6-26-28(24)27(23)25(5-1)29-30(26)38-22-20-36-18-16-34-14-12-32-10-9-31-11-13-33-15-17-35-19-21-37-29/h1-8H,9-22H2. The summed E-state index contributed by atoms with van der Waals surface area (Å²) in [5.41, 5.74) is 0. The van der Waals surface area contributed by atoms with Gasteiger partial charge in [-0.1, -0.05) is 48.5 Å². The van der Waals surface area contributed by atoms with Gasteiger partial charge in [-0.05, 0) is 10.8 Å². The van der Waals surface area contributed by atoms with Gasteiger partial charge in [-0.15, -0.1) is 0 Å². The molecule has 1 aliphatic rings. The SMILES string of the molecule is c1cc2ccc3cccc4c5c(c(c1)c2c34)OCCOCCOCCOCCOCCOCCOCCO5. The third-order valence-electron chi connectivity index (χ3n) is 6.39. The number of hydrogen-bond donors (Lipinski definition) is 0. The van der Waals surface area contributed by atoms with Gasteiger partial charge < -0.3 is 37.9 Å². The summed E-state index contributed by atoms with van der Waals surface area (Å²) in [6.07, 6.45) is 0. The molecule has 4 aromatic carbocycles. The van der Waals surface area contributed by atoms with Crippen LogP contribution in [0.15, 0.2) is 48.5 Å². The fraction of sp³-hybridized carbons (Fsp3) is 0.467. The molecular weight excluding hydrogens is 488 g/mol. The maximum Gasteiger partial charge on any atom is 0.169 e. The van der Waals surface area contributed by atoms with Crippen LogP contribution in [0.5, 0.6) is 11.5 Å². The number of benzene rings is 4. The Morgan fingerprint density at radius 3 is 1.00 bits per heavy atom. The van der Waals surface area contributed by atoms with Crippen molar-refractivity contribution in [2.75, 3.05) is 92.5 Å². The monoisotopic (exact) mass is 524 g/mol. The van der Waals surface area contributed by atoms with E-state index in [4.69, 9.17) is 37.9 Å². The van der Waals surface area contributed by atoms with Gasteiger partial charge in [0.15, 0.2) is 11.5 Å². The molecule has 0 unspecified atom stereocenters. The Balaban J connectivity index is 1.32. The molecule has 0 bridgehead atoms. The lowest BCUT2D eigenvalue weighted by Crippen LogP contribution is -2.16. The molecule has 0 saturated carbocycles. The zero-order valence-corrected chi connectivity index (χ0v) is 21.8. The van der Waals surface area contributed by atoms with Crippen molar-refractivity contribution < 1.29 is 37.9 Å². The van der Waals surface area contributed by atoms with Crippen molar-refractivity contribution in [3.05, 3.63) is 48.5 Å². The molecule has 204 valence electrons. The van der Waals surface area contributed by atoms with Gasteiger partial charge in [-0.25, -0.2) is 0 Å². The van der Waals surface area contributed by atoms with Crippen LogP contribution in [0.4, 0.5) is 0 Å². The van der Waals surface area contributed by atoms with Crippen LogP contribution in [-0.4, -0.2) is 92.5 Å². The van der Waals surface area contributed by atoms with Crippen molar-refractivity contribution in [3.63, 3.8) is 0 Å². The van der Waals surface area contributed by atoms with Crippen LogP contribution in [0.1, 0.15) is 0 Å². The van der Waals surface area contributed by atoms with Gasteiger partial charge >= 0.3 is 0 Å². The van der Waals surface area contributed by atoms with E-state index in [1.54, 1.807) is 0 Å². The molecule has 0 radical (unpaired) electrons. The van der Waals surface area contributed by atoms with Gasteiger partial charge in [0.25, 0.3) is 0 Å². The van der Waals surface area contributed by atoms with Crippen LogP contribution >= 0.6 is 0 Å². The van der Waals surface area contributed by atoms with Gasteiger partial charge in [0.05, 0.1) is 79.3 Å². The van der Waals surface area contributed by atoms with Crippen molar-refractivity contribution in [2.24, 2.45) is 0 Å². The minimum Gasteiger partial charge on any atom is -0.487 e. The summed E-state index contributed by atoms with van der Waals surface area (Å²) >= 11 is 0. The van der Waals surface area contributed by atoms with Crippen molar-refractivity contribution in [2.45, 2.75) is 0 Å². The maximum absolute atomic E-state index is 6.36. The highest BCUT2D eigenvalue weighted by molar-refractivity contribution is 6.26. The Morgan fingerprint density at radius 2 is 0.658 bits per heavy atom. The van der Waals surface area contributed by atoms with Crippen molar-refractivity contribution in [1.82, 2.24) is 0 Å². The van der Waals surface area contributed by atoms with E-state index in [-0.39, 0.29) is 0 Å². The molecule has 0 saturated heterocycles. The molecule has 0 atom stereocenters. The van der Waals surface area contributed by atoms with E-state index >= 15 is 0 Å². The third-order valence-corrected chi connectivity index (χ3v) is 6.39. The number of ether oxygens (including phenoxy) is 8. The fourth-order valence-corrected chi connectivity index (χ4v) is 4.67. The van der Waals surface area contributed by atoms with Gasteiger partial charge in [-0.2, -0.15) is 0 Å². The van der Waals surface area contributed by atoms with Crippen LogP contribution in [0.3, 0.4) is 0 Å². The summed E-state index contributed by atoms with van der Waals surface area (Å²) in [5, 5.41) is 6.78. The molecule has 0 amide bonds. The fourth-order valence-electron chi connectivity index (χ4n) is 4.67. The van der Waals surface area contributed by atoms with Crippen LogP contribution in [0.2, 0.25) is 0 Å². The lowest BCUT2D eigenvalue weighted by atomic mass is 9.93. The summed E-state index contributed by atoms with van der Waals surface area (Å²) in [7, 11) is 0. The quantitative estimate of drug-likeness (QED) is 0.313. The summed E-state index contributed by atoms with van der Waals surface area (Å²) in [4.78, 5) is 0. The number of hydrogen-bond acceptors (Lipinski definition) is 8. The molecule has 1 heterocycles. The van der Waals surface area contributed by atoms with Crippen molar-refractivity contribution >= 4 is 32.3 Å². The first-order valence-corrected chi connectivity index (χ1v) is 13.3. The molecule has 8 nitrogen and oxygen atoms in total. The highest BCUT2D eigenvalue weighted by Crippen LogP contribution is 2.47. The van der Waals surface area contributed by atoms with E-state index in [1.165, 1.54) is 21.5 Å². The second-order valence-electron chi connectivity index (χ2n) is 8.90. The Morgan fingerprint density at radius 1 is 0.342 bits per heavy atom. The Bertz CT molecular complexity index is 1160. The highest BCUT2D eigenvalue weighted by Gasteiger charge is 2.20. The van der Waals surface area contributed by atoms with E-state index in [9.17, 15) is 0 Å². The summed E-state index contributed by atoms with van der Waals surface area (Å²) in [6.45, 7) is 6.82. The van der Waals surface area contributed by atoms with E-state index in [1.807, 2.05) is 0 Å². The van der Waals surface area contributed by atoms with Gasteiger partial charge in [0, 0.05) is 21.5 Å². The molecule has 0 aliphatic carbocycles. The molecule has 38 heavy (non-hydrogen) atoms. The molecule has 0 N–H and O–H groups in total. The first-order chi connectivity index (χ1) is 18.9. The minimum atomic E-state index is 0.397. The molecule has 0 aromatic heterocycles. The second-order valence-corrected chi connectivity index (χ2v) is 8.90. The van der Waals surface area contributed by atoms with E-state index in [0.717, 1.165) is 22.3 Å². The van der Waals surface area contributed by atoms with Crippen molar-refractivity contribution in [3.8, 4) is 11.5 Å². The van der Waals surface area contributed by atoms with Crippen LogP contribution in [0, 0.1) is 0 Å². The smallest absolute Gasteiger partial charge is 0.169 e. The Kier molecular flexibility index (Phi) is 10.2. The summed E-state index contributed by atoms with van der Waals surface area (Å²) < 4.78 is 46.4. The number of fused-ring (bicyclic) bond motifs is 3. The molecule has 0 spiro atoms. The van der Waals surface area contributed by atoms with Crippen LogP contribution in [0.25, 0.3) is 32.3 Å². The first kappa shape index (κ1) is 26.9. The van der Waals surface area contributed by atoms with E-state index < -0.39 is 0 Å². The van der Waals surface area contributed by atoms with Gasteiger partial charge in [0.2, 0.25) is 0 Å². The molecule has 5 rings (SSSR count). The average molecular weight is 525 g/mol. The second kappa shape index (κ2) is 14.4. The van der Waals surface area contributed by atoms with Crippen LogP contribution in [-0.2, 0) is 28.4 Å². The summed E-state index contributed by atoms with van der Waals surface area (Å²) in [5.74, 6) is 1.47. The highest BCUT2D eigenvalue weighted by atomic mass is 16.6. The lowest BCUT2D eigenvalue weighted by Gasteiger charge is -2.20. The Labute approximate surface area is 222 Å². The predicted molar refractivity (Wildman–Crippen MR) is 146 cm³/mol. The van der Waals surface area contributed by atoms with Crippen LogP contribution < -0.4 is 9.47 Å². The zero-order chi connectivity index (χ0) is 25.8. The van der Waals surface area contributed by atoms with Gasteiger partial charge in [0.1, 0.15) is 13.2 Å². The minimum absolute atomic E-state index is 0.397. The lowest BCUT2D eigenvalue weighted by molar-refractivity contribution is -0.0192. The zero-order valence-electron chi connectivity index (χ0n) is 21.8. The molecule has 4 aromatic rings. The number of rotatable bonds is 0. The van der Waals surface area contributed by atoms with E-state index in [2.05, 4.69) is 48.5 Å². The van der Waals surface area contributed by atoms with Gasteiger partial charge in [-0.3, -0.25) is 0 Å². The largest absolute Gasteiger partial charge is 0.487 e. The summed E-state index contributed by atoms with van der Waals surface area (Å²) in [6, 6.07) is 16.9. The topological polar surface area (TPSA) is 73.8 Å².